The van der Waals surface area contributed by atoms with Gasteiger partial charge in [-0.25, -0.2) is 0 Å². The molecular formula is C13H17N5OS2. The number of thioether (sulfide) groups is 1. The fourth-order valence-corrected chi connectivity index (χ4v) is 3.21. The number of nitrogens with two attached hydrogens (primary N) is 1. The van der Waals surface area contributed by atoms with E-state index < -0.39 is 0 Å². The van der Waals surface area contributed by atoms with Gasteiger partial charge < -0.3 is 10.6 Å². The van der Waals surface area contributed by atoms with Crippen LogP contribution in [0.15, 0.2) is 35.3 Å². The molecule has 0 spiro atoms. The van der Waals surface area contributed by atoms with Gasteiger partial charge in [-0.05, 0) is 11.4 Å². The summed E-state index contributed by atoms with van der Waals surface area (Å²) in [7, 11) is 1.77. The van der Waals surface area contributed by atoms with Gasteiger partial charge in [-0.15, -0.1) is 28.1 Å². The van der Waals surface area contributed by atoms with Crippen LogP contribution < -0.4 is 5.73 Å². The van der Waals surface area contributed by atoms with Crippen LogP contribution in [0, 0.1) is 0 Å². The summed E-state index contributed by atoms with van der Waals surface area (Å²) >= 11 is 2.97. The van der Waals surface area contributed by atoms with Gasteiger partial charge in [-0.2, -0.15) is 0 Å². The van der Waals surface area contributed by atoms with Gasteiger partial charge in [0.25, 0.3) is 0 Å². The first-order chi connectivity index (χ1) is 10.1. The standard InChI is InChI=1S/C13H17N5OS2/c1-3-6-18(8-10-5-4-7-20-10)11(19)9-21-13-16-15-12(14)17(13)2/h3-5,7H,1,6,8-9H2,2H3,(H2,14,15). The van der Waals surface area contributed by atoms with Crippen molar-refractivity contribution in [1.29, 1.82) is 0 Å². The third-order valence-electron chi connectivity index (χ3n) is 2.82. The van der Waals surface area contributed by atoms with E-state index in [1.807, 2.05) is 17.5 Å². The molecule has 2 heterocycles. The molecule has 0 radical (unpaired) electrons. The lowest BCUT2D eigenvalue weighted by Crippen LogP contribution is -2.31. The van der Waals surface area contributed by atoms with Crippen molar-refractivity contribution >= 4 is 35.0 Å². The van der Waals surface area contributed by atoms with Crippen molar-refractivity contribution < 1.29 is 4.79 Å². The Labute approximate surface area is 131 Å². The third-order valence-corrected chi connectivity index (χ3v) is 4.69. The van der Waals surface area contributed by atoms with Gasteiger partial charge in [0.15, 0.2) is 5.16 Å². The second kappa shape index (κ2) is 7.28. The highest BCUT2D eigenvalue weighted by molar-refractivity contribution is 7.99. The Morgan fingerprint density at radius 1 is 1.62 bits per heavy atom. The molecule has 0 atom stereocenters. The monoisotopic (exact) mass is 323 g/mol. The maximum atomic E-state index is 12.3. The molecule has 2 aromatic rings. The van der Waals surface area contributed by atoms with Crippen molar-refractivity contribution in [3.8, 4) is 0 Å². The summed E-state index contributed by atoms with van der Waals surface area (Å²) in [5, 5.41) is 10.3. The van der Waals surface area contributed by atoms with Crippen LogP contribution in [0.2, 0.25) is 0 Å². The lowest BCUT2D eigenvalue weighted by atomic mass is 10.4. The number of anilines is 1. The fourth-order valence-electron chi connectivity index (χ4n) is 1.67. The van der Waals surface area contributed by atoms with Crippen LogP contribution in [-0.2, 0) is 18.4 Å². The van der Waals surface area contributed by atoms with E-state index in [9.17, 15) is 4.79 Å². The molecule has 0 saturated carbocycles. The molecule has 8 heteroatoms. The molecule has 2 aromatic heterocycles. The summed E-state index contributed by atoms with van der Waals surface area (Å²) in [5.41, 5.74) is 5.61. The predicted molar refractivity (Wildman–Crippen MR) is 86.1 cm³/mol. The predicted octanol–water partition coefficient (Wildman–Crippen LogP) is 1.77. The Morgan fingerprint density at radius 3 is 3.00 bits per heavy atom. The molecule has 0 bridgehead atoms. The smallest absolute Gasteiger partial charge is 0.233 e. The first-order valence-electron chi connectivity index (χ1n) is 6.30. The van der Waals surface area contributed by atoms with Crippen molar-refractivity contribution in [3.63, 3.8) is 0 Å². The van der Waals surface area contributed by atoms with Crippen molar-refractivity contribution in [2.45, 2.75) is 11.7 Å². The molecule has 1 amide bonds. The molecule has 112 valence electrons. The molecule has 6 nitrogen and oxygen atoms in total. The Hall–Kier alpha value is -1.80. The van der Waals surface area contributed by atoms with Crippen LogP contribution in [0.1, 0.15) is 4.88 Å². The largest absolute Gasteiger partial charge is 0.368 e. The minimum Gasteiger partial charge on any atom is -0.368 e. The number of carbonyl (C=O) groups is 1. The zero-order chi connectivity index (χ0) is 15.2. The first-order valence-corrected chi connectivity index (χ1v) is 8.17. The van der Waals surface area contributed by atoms with Crippen LogP contribution in [0.4, 0.5) is 5.95 Å². The lowest BCUT2D eigenvalue weighted by molar-refractivity contribution is -0.128. The van der Waals surface area contributed by atoms with Gasteiger partial charge in [-0.1, -0.05) is 23.9 Å². The lowest BCUT2D eigenvalue weighted by Gasteiger charge is -2.20. The van der Waals surface area contributed by atoms with Gasteiger partial charge in [0.05, 0.1) is 12.3 Å². The minimum absolute atomic E-state index is 0.0369. The van der Waals surface area contributed by atoms with Crippen molar-refractivity contribution in [1.82, 2.24) is 19.7 Å². The summed E-state index contributed by atoms with van der Waals surface area (Å²) in [6.45, 7) is 4.83. The zero-order valence-electron chi connectivity index (χ0n) is 11.7. The van der Waals surface area contributed by atoms with Gasteiger partial charge in [0.2, 0.25) is 11.9 Å². The van der Waals surface area contributed by atoms with Crippen LogP contribution in [0.3, 0.4) is 0 Å². The Bertz CT molecular complexity index is 608. The van der Waals surface area contributed by atoms with E-state index in [1.165, 1.54) is 11.8 Å². The molecule has 0 aliphatic rings. The summed E-state index contributed by atoms with van der Waals surface area (Å²) in [5.74, 6) is 0.673. The molecular weight excluding hydrogens is 306 g/mol. The van der Waals surface area contributed by atoms with Crippen LogP contribution in [-0.4, -0.2) is 37.9 Å². The minimum atomic E-state index is 0.0369. The van der Waals surface area contributed by atoms with Crippen molar-refractivity contribution in [2.75, 3.05) is 18.0 Å². The highest BCUT2D eigenvalue weighted by atomic mass is 32.2. The number of nitrogen functional groups attached to an aromatic ring is 1. The third kappa shape index (κ3) is 4.08. The topological polar surface area (TPSA) is 77.0 Å². The average Bonchev–Trinajstić information content (AvgIpc) is 3.08. The number of hydrogen-bond donors (Lipinski definition) is 1. The Morgan fingerprint density at radius 2 is 2.43 bits per heavy atom. The Kier molecular flexibility index (Phi) is 5.40. The molecule has 0 fully saturated rings. The highest BCUT2D eigenvalue weighted by Gasteiger charge is 2.15. The van der Waals surface area contributed by atoms with Gasteiger partial charge in [0, 0.05) is 18.5 Å². The molecule has 0 aliphatic heterocycles. The Balaban J connectivity index is 1.95. The first kappa shape index (κ1) is 15.6. The fraction of sp³-hybridized carbons (Fsp3) is 0.308. The van der Waals surface area contributed by atoms with Gasteiger partial charge in [0.1, 0.15) is 0 Å². The van der Waals surface area contributed by atoms with Gasteiger partial charge in [-0.3, -0.25) is 9.36 Å². The maximum absolute atomic E-state index is 12.3. The number of carbonyl (C=O) groups excluding carboxylic acids is 1. The number of amides is 1. The number of rotatable bonds is 7. The second-order valence-electron chi connectivity index (χ2n) is 4.33. The zero-order valence-corrected chi connectivity index (χ0v) is 13.4. The quantitative estimate of drug-likeness (QED) is 0.621. The second-order valence-corrected chi connectivity index (χ2v) is 6.31. The number of hydrogen-bond acceptors (Lipinski definition) is 6. The molecule has 2 N–H and O–H groups in total. The molecule has 0 aromatic carbocycles. The van der Waals surface area contributed by atoms with E-state index >= 15 is 0 Å². The van der Waals surface area contributed by atoms with E-state index in [0.29, 0.717) is 29.9 Å². The van der Waals surface area contributed by atoms with Crippen molar-refractivity contribution in [2.24, 2.45) is 7.05 Å². The van der Waals surface area contributed by atoms with E-state index in [0.717, 1.165) is 4.88 Å². The number of thiophene rings is 1. The van der Waals surface area contributed by atoms with E-state index in [-0.39, 0.29) is 5.91 Å². The SMILES string of the molecule is C=CCN(Cc1cccs1)C(=O)CSc1nnc(N)n1C. The molecule has 0 unspecified atom stereocenters. The molecule has 0 saturated heterocycles. The number of nitrogens with zero attached hydrogens (tertiary/aromatic N) is 4. The van der Waals surface area contributed by atoms with Gasteiger partial charge >= 0.3 is 0 Å². The van der Waals surface area contributed by atoms with E-state index in [4.69, 9.17) is 5.73 Å². The molecule has 0 aliphatic carbocycles. The highest BCUT2D eigenvalue weighted by Crippen LogP contribution is 2.18. The summed E-state index contributed by atoms with van der Waals surface area (Å²) in [6, 6.07) is 4.00. The van der Waals surface area contributed by atoms with E-state index in [1.54, 1.807) is 33.9 Å². The molecule has 21 heavy (non-hydrogen) atoms. The van der Waals surface area contributed by atoms with Crippen molar-refractivity contribution in [3.05, 3.63) is 35.0 Å². The molecule has 2 rings (SSSR count). The average molecular weight is 323 g/mol. The van der Waals surface area contributed by atoms with E-state index in [2.05, 4.69) is 16.8 Å². The van der Waals surface area contributed by atoms with Crippen LogP contribution >= 0.6 is 23.1 Å². The summed E-state index contributed by atoms with van der Waals surface area (Å²) < 4.78 is 1.66. The van der Waals surface area contributed by atoms with Crippen LogP contribution in [0.5, 0.6) is 0 Å². The maximum Gasteiger partial charge on any atom is 0.233 e. The summed E-state index contributed by atoms with van der Waals surface area (Å²) in [4.78, 5) is 15.2. The normalized spacial score (nSPS) is 10.5. The van der Waals surface area contributed by atoms with Crippen LogP contribution in [0.25, 0.3) is 0 Å². The summed E-state index contributed by atoms with van der Waals surface area (Å²) in [6.07, 6.45) is 1.73. The number of aromatic nitrogens is 3.